The fourth-order valence-corrected chi connectivity index (χ4v) is 4.22. The molecular formula is C29H32N4O3S. The average molecular weight is 517 g/mol. The molecule has 192 valence electrons. The van der Waals surface area contributed by atoms with Gasteiger partial charge in [-0.2, -0.15) is 0 Å². The summed E-state index contributed by atoms with van der Waals surface area (Å²) in [7, 11) is 0. The summed E-state index contributed by atoms with van der Waals surface area (Å²) in [6.45, 7) is 7.61. The molecule has 2 amide bonds. The Balaban J connectivity index is 1.26. The highest BCUT2D eigenvalue weighted by atomic mass is 32.1. The molecule has 3 aromatic carbocycles. The summed E-state index contributed by atoms with van der Waals surface area (Å²) in [6, 6.07) is 24.3. The average Bonchev–Trinajstić information content (AvgIpc) is 2.92. The van der Waals surface area contributed by atoms with Crippen LogP contribution in [0.2, 0.25) is 0 Å². The zero-order chi connectivity index (χ0) is 26.2. The van der Waals surface area contributed by atoms with Crippen molar-refractivity contribution < 1.29 is 14.3 Å². The van der Waals surface area contributed by atoms with Crippen molar-refractivity contribution in [3.05, 3.63) is 90.0 Å². The van der Waals surface area contributed by atoms with Gasteiger partial charge in [-0.25, -0.2) is 0 Å². The number of nitrogens with zero attached hydrogens (tertiary/aromatic N) is 2. The Morgan fingerprint density at radius 2 is 1.57 bits per heavy atom. The highest BCUT2D eigenvalue weighted by Gasteiger charge is 2.22. The topological polar surface area (TPSA) is 73.9 Å². The molecular weight excluding hydrogens is 484 g/mol. The van der Waals surface area contributed by atoms with E-state index >= 15 is 0 Å². The highest BCUT2D eigenvalue weighted by molar-refractivity contribution is 7.80. The number of benzene rings is 3. The molecule has 0 atom stereocenters. The molecule has 0 spiro atoms. The van der Waals surface area contributed by atoms with Gasteiger partial charge in [0.25, 0.3) is 11.8 Å². The maximum absolute atomic E-state index is 12.7. The molecule has 0 radical (unpaired) electrons. The second-order valence-corrected chi connectivity index (χ2v) is 9.74. The van der Waals surface area contributed by atoms with E-state index in [4.69, 9.17) is 17.0 Å². The van der Waals surface area contributed by atoms with Crippen LogP contribution in [0.25, 0.3) is 0 Å². The molecule has 0 aromatic heterocycles. The van der Waals surface area contributed by atoms with Crippen molar-refractivity contribution in [2.75, 3.05) is 43.0 Å². The Morgan fingerprint density at radius 3 is 2.24 bits per heavy atom. The molecule has 0 aliphatic carbocycles. The quantitative estimate of drug-likeness (QED) is 0.439. The first-order valence-electron chi connectivity index (χ1n) is 12.4. The lowest BCUT2D eigenvalue weighted by Gasteiger charge is -2.36. The largest absolute Gasteiger partial charge is 0.493 e. The molecule has 4 rings (SSSR count). The lowest BCUT2D eigenvalue weighted by molar-refractivity contribution is 0.0746. The number of thiocarbonyl (C=S) groups is 1. The fraction of sp³-hybridized carbons (Fsp3) is 0.276. The number of carbonyl (C=O) groups is 2. The van der Waals surface area contributed by atoms with Crippen LogP contribution in [0.5, 0.6) is 5.75 Å². The van der Waals surface area contributed by atoms with E-state index in [0.717, 1.165) is 30.0 Å². The van der Waals surface area contributed by atoms with E-state index in [-0.39, 0.29) is 16.9 Å². The van der Waals surface area contributed by atoms with Crippen LogP contribution in [0.15, 0.2) is 78.9 Å². The van der Waals surface area contributed by atoms with Crippen LogP contribution in [0.3, 0.4) is 0 Å². The Bertz CT molecular complexity index is 1220. The van der Waals surface area contributed by atoms with Gasteiger partial charge in [-0.05, 0) is 72.7 Å². The summed E-state index contributed by atoms with van der Waals surface area (Å²) >= 11 is 5.34. The van der Waals surface area contributed by atoms with E-state index in [1.165, 1.54) is 0 Å². The predicted molar refractivity (Wildman–Crippen MR) is 151 cm³/mol. The van der Waals surface area contributed by atoms with Crippen molar-refractivity contribution in [1.82, 2.24) is 10.2 Å². The first-order valence-corrected chi connectivity index (χ1v) is 12.8. The molecule has 8 heteroatoms. The number of rotatable bonds is 7. The van der Waals surface area contributed by atoms with Crippen LogP contribution in [-0.2, 0) is 0 Å². The minimum Gasteiger partial charge on any atom is -0.493 e. The van der Waals surface area contributed by atoms with Crippen LogP contribution >= 0.6 is 12.2 Å². The number of anilines is 2. The third-order valence-electron chi connectivity index (χ3n) is 5.98. The molecule has 0 unspecified atom stereocenters. The number of carbonyl (C=O) groups excluding carboxylic acids is 2. The maximum atomic E-state index is 12.7. The van der Waals surface area contributed by atoms with Crippen LogP contribution in [0.1, 0.15) is 34.6 Å². The first kappa shape index (κ1) is 26.2. The maximum Gasteiger partial charge on any atom is 0.257 e. The predicted octanol–water partition coefficient (Wildman–Crippen LogP) is 4.81. The molecule has 1 heterocycles. The second kappa shape index (κ2) is 12.4. The number of nitrogens with one attached hydrogen (secondary N) is 2. The number of ether oxygens (including phenoxy) is 1. The molecule has 0 saturated carbocycles. The van der Waals surface area contributed by atoms with Gasteiger partial charge in [-0.3, -0.25) is 14.9 Å². The van der Waals surface area contributed by atoms with E-state index < -0.39 is 0 Å². The van der Waals surface area contributed by atoms with Gasteiger partial charge >= 0.3 is 0 Å². The van der Waals surface area contributed by atoms with Gasteiger partial charge in [0.05, 0.1) is 6.61 Å². The third-order valence-corrected chi connectivity index (χ3v) is 6.19. The van der Waals surface area contributed by atoms with Crippen molar-refractivity contribution in [3.63, 3.8) is 0 Å². The van der Waals surface area contributed by atoms with Crippen LogP contribution in [-0.4, -0.2) is 54.6 Å². The number of hydrogen-bond donors (Lipinski definition) is 2. The Labute approximate surface area is 223 Å². The number of piperazine rings is 1. The third kappa shape index (κ3) is 7.30. The van der Waals surface area contributed by atoms with Crippen LogP contribution in [0.4, 0.5) is 11.4 Å². The summed E-state index contributed by atoms with van der Waals surface area (Å²) < 4.78 is 5.71. The molecule has 0 bridgehead atoms. The zero-order valence-electron chi connectivity index (χ0n) is 21.1. The Kier molecular flexibility index (Phi) is 8.74. The van der Waals surface area contributed by atoms with E-state index in [9.17, 15) is 9.59 Å². The number of amides is 2. The van der Waals surface area contributed by atoms with Gasteiger partial charge in [0, 0.05) is 48.7 Å². The number of hydrogen-bond acceptors (Lipinski definition) is 5. The molecule has 1 saturated heterocycles. The lowest BCUT2D eigenvalue weighted by atomic mass is 10.1. The van der Waals surface area contributed by atoms with Gasteiger partial charge in [0.1, 0.15) is 5.75 Å². The smallest absolute Gasteiger partial charge is 0.257 e. The van der Waals surface area contributed by atoms with Crippen LogP contribution in [0, 0.1) is 5.92 Å². The Morgan fingerprint density at radius 1 is 0.892 bits per heavy atom. The van der Waals surface area contributed by atoms with Crippen molar-refractivity contribution in [2.45, 2.75) is 13.8 Å². The van der Waals surface area contributed by atoms with E-state index in [0.29, 0.717) is 36.9 Å². The lowest BCUT2D eigenvalue weighted by Crippen LogP contribution is -2.48. The standard InChI is InChI=1S/C29H32N4O3S/c1-21(2)20-36-26-10-6-9-23(19-26)27(34)31-29(37)30-24-11-13-25(14-12-24)32-15-17-33(18-16-32)28(35)22-7-4-3-5-8-22/h3-14,19,21H,15-18,20H2,1-2H3,(H2,30,31,34,37). The molecule has 3 aromatic rings. The van der Waals surface area contributed by atoms with Crippen molar-refractivity contribution in [1.29, 1.82) is 0 Å². The summed E-state index contributed by atoms with van der Waals surface area (Å²) in [6.07, 6.45) is 0. The monoisotopic (exact) mass is 516 g/mol. The van der Waals surface area contributed by atoms with E-state index in [1.807, 2.05) is 65.6 Å². The minimum absolute atomic E-state index is 0.0742. The summed E-state index contributed by atoms with van der Waals surface area (Å²) in [5.74, 6) is 0.826. The van der Waals surface area contributed by atoms with E-state index in [1.54, 1.807) is 18.2 Å². The highest BCUT2D eigenvalue weighted by Crippen LogP contribution is 2.20. The fourth-order valence-electron chi connectivity index (χ4n) is 4.01. The molecule has 1 fully saturated rings. The molecule has 7 nitrogen and oxygen atoms in total. The molecule has 1 aliphatic rings. The van der Waals surface area contributed by atoms with Gasteiger partial charge in [-0.1, -0.05) is 38.1 Å². The molecule has 37 heavy (non-hydrogen) atoms. The summed E-state index contributed by atoms with van der Waals surface area (Å²) in [5, 5.41) is 6.01. The Hall–Kier alpha value is -3.91. The second-order valence-electron chi connectivity index (χ2n) is 9.33. The van der Waals surface area contributed by atoms with Crippen molar-refractivity contribution in [3.8, 4) is 5.75 Å². The van der Waals surface area contributed by atoms with E-state index in [2.05, 4.69) is 29.4 Å². The minimum atomic E-state index is -0.299. The zero-order valence-corrected chi connectivity index (χ0v) is 22.0. The molecule has 1 aliphatic heterocycles. The molecule has 2 N–H and O–H groups in total. The summed E-state index contributed by atoms with van der Waals surface area (Å²) in [4.78, 5) is 29.5. The first-order chi connectivity index (χ1) is 17.9. The van der Waals surface area contributed by atoms with Crippen LogP contribution < -0.4 is 20.3 Å². The summed E-state index contributed by atoms with van der Waals surface area (Å²) in [5.41, 5.74) is 3.05. The van der Waals surface area contributed by atoms with Gasteiger partial charge in [0.2, 0.25) is 0 Å². The van der Waals surface area contributed by atoms with Gasteiger partial charge in [-0.15, -0.1) is 0 Å². The van der Waals surface area contributed by atoms with Gasteiger partial charge in [0.15, 0.2) is 5.11 Å². The van der Waals surface area contributed by atoms with Crippen molar-refractivity contribution >= 4 is 40.5 Å². The SMILES string of the molecule is CC(C)COc1cccc(C(=O)NC(=S)Nc2ccc(N3CCN(C(=O)c4ccccc4)CC3)cc2)c1. The normalized spacial score (nSPS) is 13.3. The van der Waals surface area contributed by atoms with Crippen molar-refractivity contribution in [2.24, 2.45) is 5.92 Å². The van der Waals surface area contributed by atoms with Gasteiger partial charge < -0.3 is 19.9 Å².